The number of aliphatic hydroxyl groups excluding tert-OH is 1. The van der Waals surface area contributed by atoms with Crippen molar-refractivity contribution in [1.82, 2.24) is 15.5 Å². The summed E-state index contributed by atoms with van der Waals surface area (Å²) in [7, 11) is 0. The van der Waals surface area contributed by atoms with Crippen LogP contribution < -0.4 is 16.4 Å². The first kappa shape index (κ1) is 27.5. The van der Waals surface area contributed by atoms with Crippen LogP contribution in [0.5, 0.6) is 5.75 Å². The standard InChI is InChI=1S/C22H30N4O9/c23-14(7-8-18(29)30)21(33)26-9-1-2-17(26)20(32)25-16(11-27)19(31)24-15(22(34)35)10-12-3-5-13(28)6-4-12/h3-6,14-17,27-28H,1-2,7-11,23H2,(H,24,31)(H,25,32)(H,29,30)(H,34,35). The van der Waals surface area contributed by atoms with Crippen molar-refractivity contribution in [2.24, 2.45) is 5.73 Å². The quantitative estimate of drug-likeness (QED) is 0.172. The van der Waals surface area contributed by atoms with Gasteiger partial charge in [0.2, 0.25) is 17.7 Å². The Labute approximate surface area is 200 Å². The summed E-state index contributed by atoms with van der Waals surface area (Å²) in [6, 6.07) is 0.826. The fourth-order valence-electron chi connectivity index (χ4n) is 3.72. The van der Waals surface area contributed by atoms with Crippen LogP contribution >= 0.6 is 0 Å². The predicted molar refractivity (Wildman–Crippen MR) is 120 cm³/mol. The molecule has 1 heterocycles. The van der Waals surface area contributed by atoms with E-state index in [1.54, 1.807) is 0 Å². The van der Waals surface area contributed by atoms with Gasteiger partial charge >= 0.3 is 11.9 Å². The number of aliphatic hydroxyl groups is 1. The Kier molecular flexibility index (Phi) is 9.97. The topological polar surface area (TPSA) is 220 Å². The van der Waals surface area contributed by atoms with E-state index in [0.717, 1.165) is 0 Å². The van der Waals surface area contributed by atoms with Gasteiger partial charge in [-0.3, -0.25) is 19.2 Å². The van der Waals surface area contributed by atoms with E-state index in [1.165, 1.54) is 29.2 Å². The van der Waals surface area contributed by atoms with Gasteiger partial charge in [-0.25, -0.2) is 4.79 Å². The number of benzene rings is 1. The Hall–Kier alpha value is -3.71. The molecule has 35 heavy (non-hydrogen) atoms. The molecule has 2 rings (SSSR count). The molecule has 0 bridgehead atoms. The third kappa shape index (κ3) is 7.93. The highest BCUT2D eigenvalue weighted by Gasteiger charge is 2.37. The predicted octanol–water partition coefficient (Wildman–Crippen LogP) is -1.84. The van der Waals surface area contributed by atoms with Crippen LogP contribution in [0.15, 0.2) is 24.3 Å². The van der Waals surface area contributed by atoms with Crippen LogP contribution in [0.2, 0.25) is 0 Å². The van der Waals surface area contributed by atoms with Gasteiger partial charge in [0.1, 0.15) is 23.9 Å². The second kappa shape index (κ2) is 12.7. The van der Waals surface area contributed by atoms with Crippen molar-refractivity contribution in [1.29, 1.82) is 0 Å². The first-order valence-electron chi connectivity index (χ1n) is 11.0. The Bertz CT molecular complexity index is 937. The summed E-state index contributed by atoms with van der Waals surface area (Å²) in [6.45, 7) is -0.594. The summed E-state index contributed by atoms with van der Waals surface area (Å²) in [4.78, 5) is 61.6. The highest BCUT2D eigenvalue weighted by atomic mass is 16.4. The molecule has 13 heteroatoms. The van der Waals surface area contributed by atoms with E-state index in [2.05, 4.69) is 10.6 Å². The molecule has 1 aliphatic heterocycles. The minimum Gasteiger partial charge on any atom is -0.508 e. The molecular formula is C22H30N4O9. The van der Waals surface area contributed by atoms with Gasteiger partial charge in [0.15, 0.2) is 0 Å². The summed E-state index contributed by atoms with van der Waals surface area (Å²) in [6.07, 6.45) is 0.255. The first-order valence-corrected chi connectivity index (χ1v) is 11.0. The summed E-state index contributed by atoms with van der Waals surface area (Å²) < 4.78 is 0. The smallest absolute Gasteiger partial charge is 0.326 e. The van der Waals surface area contributed by atoms with Crippen LogP contribution in [0.4, 0.5) is 0 Å². The van der Waals surface area contributed by atoms with E-state index >= 15 is 0 Å². The van der Waals surface area contributed by atoms with Crippen LogP contribution in [-0.2, 0) is 30.4 Å². The second-order valence-electron chi connectivity index (χ2n) is 8.24. The molecule has 4 unspecified atom stereocenters. The molecule has 3 amide bonds. The zero-order valence-corrected chi connectivity index (χ0v) is 18.9. The number of amides is 3. The summed E-state index contributed by atoms with van der Waals surface area (Å²) >= 11 is 0. The van der Waals surface area contributed by atoms with Gasteiger partial charge in [0, 0.05) is 19.4 Å². The number of phenolic OH excluding ortho intramolecular Hbond substituents is 1. The van der Waals surface area contributed by atoms with Crippen molar-refractivity contribution in [3.63, 3.8) is 0 Å². The number of rotatable bonds is 12. The maximum Gasteiger partial charge on any atom is 0.326 e. The van der Waals surface area contributed by atoms with Crippen LogP contribution in [0, 0.1) is 0 Å². The van der Waals surface area contributed by atoms with E-state index in [4.69, 9.17) is 10.8 Å². The van der Waals surface area contributed by atoms with E-state index in [0.29, 0.717) is 12.0 Å². The molecule has 0 aromatic heterocycles. The number of carboxylic acid groups (broad SMARTS) is 2. The molecule has 0 spiro atoms. The largest absolute Gasteiger partial charge is 0.508 e. The van der Waals surface area contributed by atoms with Gasteiger partial charge < -0.3 is 41.7 Å². The maximum atomic E-state index is 12.8. The molecule has 1 aromatic rings. The Morgan fingerprint density at radius 2 is 1.71 bits per heavy atom. The third-order valence-electron chi connectivity index (χ3n) is 5.63. The van der Waals surface area contributed by atoms with Crippen molar-refractivity contribution in [3.05, 3.63) is 29.8 Å². The van der Waals surface area contributed by atoms with E-state index in [1.807, 2.05) is 0 Å². The Morgan fingerprint density at radius 1 is 1.06 bits per heavy atom. The number of carboxylic acids is 2. The van der Waals surface area contributed by atoms with Crippen molar-refractivity contribution < 1.29 is 44.4 Å². The zero-order chi connectivity index (χ0) is 26.1. The Morgan fingerprint density at radius 3 is 2.29 bits per heavy atom. The lowest BCUT2D eigenvalue weighted by Gasteiger charge is -2.28. The number of hydrogen-bond acceptors (Lipinski definition) is 8. The number of carbonyl (C=O) groups is 5. The average Bonchev–Trinajstić information content (AvgIpc) is 3.31. The lowest BCUT2D eigenvalue weighted by atomic mass is 10.1. The third-order valence-corrected chi connectivity index (χ3v) is 5.63. The van der Waals surface area contributed by atoms with Gasteiger partial charge in [0.05, 0.1) is 12.6 Å². The zero-order valence-electron chi connectivity index (χ0n) is 18.9. The number of likely N-dealkylation sites (tertiary alicyclic amines) is 1. The minimum atomic E-state index is -1.47. The number of nitrogens with two attached hydrogens (primary N) is 1. The number of nitrogens with one attached hydrogen (secondary N) is 2. The molecule has 13 nitrogen and oxygen atoms in total. The number of phenols is 1. The molecule has 1 saturated heterocycles. The van der Waals surface area contributed by atoms with Crippen LogP contribution in [0.3, 0.4) is 0 Å². The molecule has 1 aromatic carbocycles. The number of carbonyl (C=O) groups excluding carboxylic acids is 3. The van der Waals surface area contributed by atoms with E-state index in [9.17, 15) is 39.3 Å². The molecule has 0 saturated carbocycles. The van der Waals surface area contributed by atoms with Gasteiger partial charge in [0.25, 0.3) is 0 Å². The summed E-state index contributed by atoms with van der Waals surface area (Å²) in [5.41, 5.74) is 6.31. The number of hydrogen-bond donors (Lipinski definition) is 7. The lowest BCUT2D eigenvalue weighted by molar-refractivity contribution is -0.143. The molecule has 192 valence electrons. The highest BCUT2D eigenvalue weighted by Crippen LogP contribution is 2.19. The van der Waals surface area contributed by atoms with Gasteiger partial charge in [-0.2, -0.15) is 0 Å². The number of aliphatic carboxylic acids is 2. The van der Waals surface area contributed by atoms with Gasteiger partial charge in [-0.15, -0.1) is 0 Å². The van der Waals surface area contributed by atoms with Crippen molar-refractivity contribution in [2.75, 3.05) is 13.2 Å². The molecule has 0 radical (unpaired) electrons. The SMILES string of the molecule is NC(CCC(=O)O)C(=O)N1CCCC1C(=O)NC(CO)C(=O)NC(Cc1ccc(O)cc1)C(=O)O. The van der Waals surface area contributed by atoms with E-state index in [-0.39, 0.29) is 38.0 Å². The van der Waals surface area contributed by atoms with Crippen LogP contribution in [-0.4, -0.2) is 92.3 Å². The molecule has 4 atom stereocenters. The highest BCUT2D eigenvalue weighted by molar-refractivity contribution is 5.94. The lowest BCUT2D eigenvalue weighted by Crippen LogP contribution is -2.57. The minimum absolute atomic E-state index is 0.00463. The molecule has 1 aliphatic rings. The van der Waals surface area contributed by atoms with Crippen molar-refractivity contribution in [2.45, 2.75) is 56.3 Å². The summed E-state index contributed by atoms with van der Waals surface area (Å²) in [5, 5.41) is 41.8. The number of aromatic hydroxyl groups is 1. The second-order valence-corrected chi connectivity index (χ2v) is 8.24. The van der Waals surface area contributed by atoms with Crippen molar-refractivity contribution >= 4 is 29.7 Å². The fraction of sp³-hybridized carbons (Fsp3) is 0.500. The molecule has 0 aliphatic carbocycles. The van der Waals surface area contributed by atoms with E-state index < -0.39 is 60.4 Å². The normalized spacial score (nSPS) is 17.8. The molecule has 8 N–H and O–H groups in total. The summed E-state index contributed by atoms with van der Waals surface area (Å²) in [5.74, 6) is -4.69. The number of nitrogens with zero attached hydrogens (tertiary/aromatic N) is 1. The first-order chi connectivity index (χ1) is 16.5. The fourth-order valence-corrected chi connectivity index (χ4v) is 3.72. The maximum absolute atomic E-state index is 12.8. The van der Waals surface area contributed by atoms with Crippen LogP contribution in [0.1, 0.15) is 31.2 Å². The molecule has 1 fully saturated rings. The monoisotopic (exact) mass is 494 g/mol. The Balaban J connectivity index is 2.00. The van der Waals surface area contributed by atoms with Crippen LogP contribution in [0.25, 0.3) is 0 Å². The van der Waals surface area contributed by atoms with Gasteiger partial charge in [-0.05, 0) is 37.0 Å². The van der Waals surface area contributed by atoms with Crippen molar-refractivity contribution in [3.8, 4) is 5.75 Å². The molecular weight excluding hydrogens is 464 g/mol. The average molecular weight is 495 g/mol. The van der Waals surface area contributed by atoms with Gasteiger partial charge in [-0.1, -0.05) is 12.1 Å².